The van der Waals surface area contributed by atoms with E-state index < -0.39 is 22.2 Å². The molecule has 12 atom stereocenters. The SMILES string of the molecule is C.COC(=O)[C@@]1(C)C(=O)C=C[C@@]2(C)c3nc(-c4ccncc4)nc(C)c3CC[C@H]12.Cc1nc(-c2ccncc2)nc2c1CC[C@@H]1[C@@H](C)C(=O)C=C[C@@]21C.[C-]#[N+]C1=C(O)[C@H](C)[C@H]2CCc3c(-c4ccccc4)nc(-c4ccncc4)nc3[C@]2(C)C1.[C-]#[N+]C1=C(O)[C@H](C)[C@H]2CCc3c(-c4ccccc4F)nc(-c4ccncc4C)nc3[C@]2(C)C1. The number of esters is 1. The summed E-state index contributed by atoms with van der Waals surface area (Å²) in [4.78, 5) is 101. The van der Waals surface area contributed by atoms with E-state index in [4.69, 9.17) is 57.8 Å². The molecule has 2 N–H and O–H groups in total. The number of methoxy groups -OCH3 is 1. The summed E-state index contributed by atoms with van der Waals surface area (Å²) in [6, 6.07) is 30.3. The minimum atomic E-state index is -1.22. The van der Waals surface area contributed by atoms with Crippen LogP contribution in [0.1, 0.15) is 163 Å². The molecule has 0 saturated carbocycles. The number of nitrogens with zero attached hydrogens (tertiary/aromatic N) is 14. The number of aliphatic hydroxyl groups is 2. The van der Waals surface area contributed by atoms with Crippen LogP contribution in [0.4, 0.5) is 4.39 Å². The summed E-state index contributed by atoms with van der Waals surface area (Å²) in [5.41, 5.74) is 16.1. The highest BCUT2D eigenvalue weighted by Crippen LogP contribution is 2.58. The second-order valence-electron chi connectivity index (χ2n) is 33.3. The van der Waals surface area contributed by atoms with Crippen LogP contribution < -0.4 is 0 Å². The lowest BCUT2D eigenvalue weighted by atomic mass is 9.53. The molecule has 8 aromatic heterocycles. The van der Waals surface area contributed by atoms with Crippen LogP contribution in [0.25, 0.3) is 77.8 Å². The lowest BCUT2D eigenvalue weighted by Crippen LogP contribution is -2.55. The smallest absolute Gasteiger partial charge is 0.319 e. The minimum Gasteiger partial charge on any atom is -0.523 e. The van der Waals surface area contributed by atoms with E-state index in [9.17, 15) is 29.0 Å². The molecule has 8 heterocycles. The summed E-state index contributed by atoms with van der Waals surface area (Å²) < 4.78 is 20.0. The van der Waals surface area contributed by atoms with Gasteiger partial charge < -0.3 is 14.9 Å². The van der Waals surface area contributed by atoms with Crippen molar-refractivity contribution in [2.75, 3.05) is 7.11 Å². The topological polar surface area (TPSA) is 264 Å². The van der Waals surface area contributed by atoms with E-state index in [0.717, 1.165) is 129 Å². The third-order valence-electron chi connectivity index (χ3n) is 26.8. The molecule has 8 aliphatic rings. The molecule has 21 heteroatoms. The summed E-state index contributed by atoms with van der Waals surface area (Å²) in [6.45, 7) is 37.7. The third-order valence-corrected chi connectivity index (χ3v) is 26.8. The first-order chi connectivity index (χ1) is 55.7. The van der Waals surface area contributed by atoms with Crippen LogP contribution >= 0.6 is 0 Å². The number of ether oxygens (including phenoxy) is 1. The number of rotatable bonds is 7. The number of aryl methyl sites for hydroxylation is 3. The zero-order chi connectivity index (χ0) is 81.9. The third kappa shape index (κ3) is 14.1. The van der Waals surface area contributed by atoms with Crippen LogP contribution in [-0.2, 0) is 66.5 Å². The highest BCUT2D eigenvalue weighted by atomic mass is 19.1. The number of aromatic nitrogens is 12. The number of ketones is 2. The zero-order valence-corrected chi connectivity index (χ0v) is 67.4. The number of aliphatic hydroxyl groups excluding tert-OH is 2. The number of carbonyl (C=O) groups excluding carboxylic acids is 3. The second-order valence-corrected chi connectivity index (χ2v) is 33.3. The number of benzene rings is 2. The molecule has 0 bridgehead atoms. The van der Waals surface area contributed by atoms with Gasteiger partial charge in [0.2, 0.25) is 11.4 Å². The van der Waals surface area contributed by atoms with Crippen LogP contribution in [0.2, 0.25) is 0 Å². The number of fused-ring (bicyclic) bond motifs is 12. The van der Waals surface area contributed by atoms with Crippen molar-refractivity contribution in [1.82, 2.24) is 59.8 Å². The van der Waals surface area contributed by atoms with E-state index in [-0.39, 0.29) is 82.7 Å². The van der Waals surface area contributed by atoms with Crippen molar-refractivity contribution in [2.24, 2.45) is 46.8 Å². The molecule has 18 rings (SSSR count). The molecule has 0 saturated heterocycles. The fourth-order valence-corrected chi connectivity index (χ4v) is 20.4. The van der Waals surface area contributed by atoms with Crippen LogP contribution in [0.5, 0.6) is 0 Å². The van der Waals surface area contributed by atoms with Gasteiger partial charge in [-0.05, 0) is 199 Å². The summed E-state index contributed by atoms with van der Waals surface area (Å²) in [5.74, 6) is 2.56. The van der Waals surface area contributed by atoms with Gasteiger partial charge in [-0.1, -0.05) is 111 Å². The van der Waals surface area contributed by atoms with Crippen molar-refractivity contribution >= 4 is 17.5 Å². The predicted octanol–water partition coefficient (Wildman–Crippen LogP) is 19.0. The Labute approximate surface area is 683 Å². The van der Waals surface area contributed by atoms with Crippen molar-refractivity contribution in [3.05, 3.63) is 284 Å². The Morgan fingerprint density at radius 1 is 0.487 bits per heavy atom. The molecule has 117 heavy (non-hydrogen) atoms. The van der Waals surface area contributed by atoms with Crippen molar-refractivity contribution in [2.45, 2.75) is 169 Å². The molecule has 594 valence electrons. The number of hydrogen-bond acceptors (Lipinski definition) is 18. The average Bonchev–Trinajstić information content (AvgIpc) is 0.726. The van der Waals surface area contributed by atoms with Gasteiger partial charge in [0, 0.05) is 145 Å². The van der Waals surface area contributed by atoms with Gasteiger partial charge in [-0.25, -0.2) is 54.0 Å². The van der Waals surface area contributed by atoms with Gasteiger partial charge in [0.05, 0.1) is 65.9 Å². The number of halogens is 1. The molecular formula is C96H97FN14O6. The van der Waals surface area contributed by atoms with Gasteiger partial charge >= 0.3 is 5.97 Å². The standard InChI is InChI=1S/C27H25FN4O.C26H24N4O.C22H23N3O3.C20H21N3O.CH4/c1-15-14-30-12-11-17(15)26-31-23(18-7-5-6-8-21(18)28)19-9-10-20-16(2)24(33)22(29-4)13-27(20,3)25(19)32-26;1-16-20-10-9-19-22(17-7-5-4-6-8-17)29-25(18-11-13-28-14-12-18)30-24(19)26(20,2)15-21(27-3)23(16)31;1-13-15-5-6-16-21(2,10-7-17(26)22(16,3)20(27)28-4)18(15)25-19(24-13)14-8-11-23-12-9-14;1-12-16-5-4-15-13(2)22-19(14-7-10-21-11-8-14)23-18(15)20(16,3)9-6-17(12)24;/h5-8,11-12,14,16,20,33H,9-10,13H2,1-3H3;4-8,11-14,16,20,31H,9-10,15H2,1-2H3;7-12,16H,5-6H2,1-4H3;6-12,16H,4-5H2,1-3H3;1H4/t16-,20-,27-;16-,20-,26-;16-,21+,22+;12-,16-,20-;/m1101./s1. The fraction of sp³-hybridized carbons (Fsp3) is 0.365. The van der Waals surface area contributed by atoms with E-state index in [2.05, 4.69) is 89.4 Å². The molecule has 0 radical (unpaired) electrons. The Balaban J connectivity index is 0.000000129. The first-order valence-corrected chi connectivity index (χ1v) is 39.9. The molecule has 20 nitrogen and oxygen atoms in total. The van der Waals surface area contributed by atoms with Crippen molar-refractivity contribution in [3.63, 3.8) is 0 Å². The van der Waals surface area contributed by atoms with Crippen LogP contribution in [0.3, 0.4) is 0 Å². The van der Waals surface area contributed by atoms with Gasteiger partial charge in [0.15, 0.2) is 34.9 Å². The van der Waals surface area contributed by atoms with Crippen LogP contribution in [-0.4, -0.2) is 94.7 Å². The summed E-state index contributed by atoms with van der Waals surface area (Å²) in [6.07, 6.45) is 28.8. The Kier molecular flexibility index (Phi) is 22.2. The Bertz CT molecular complexity index is 5810. The first kappa shape index (κ1) is 81.2. The number of allylic oxidation sites excluding steroid dienone is 8. The van der Waals surface area contributed by atoms with E-state index in [0.29, 0.717) is 71.7 Å². The molecule has 0 spiro atoms. The predicted molar refractivity (Wildman–Crippen MR) is 447 cm³/mol. The zero-order valence-electron chi connectivity index (χ0n) is 67.4. The number of pyridine rings is 4. The van der Waals surface area contributed by atoms with Gasteiger partial charge in [0.1, 0.15) is 11.2 Å². The Morgan fingerprint density at radius 3 is 1.45 bits per heavy atom. The maximum Gasteiger partial charge on any atom is 0.319 e. The molecular weight excluding hydrogens is 1460 g/mol. The van der Waals surface area contributed by atoms with E-state index in [1.807, 2.05) is 101 Å². The van der Waals surface area contributed by atoms with Crippen LogP contribution in [0, 0.1) is 86.6 Å². The molecule has 0 aliphatic heterocycles. The first-order valence-electron chi connectivity index (χ1n) is 39.9. The van der Waals surface area contributed by atoms with Crippen molar-refractivity contribution < 1.29 is 33.7 Å². The molecule has 0 amide bonds. The highest BCUT2D eigenvalue weighted by Gasteiger charge is 2.60. The summed E-state index contributed by atoms with van der Waals surface area (Å²) in [5, 5.41) is 21.3. The highest BCUT2D eigenvalue weighted by molar-refractivity contribution is 6.10. The normalized spacial score (nSPS) is 26.0. The molecule has 0 fully saturated rings. The average molecular weight is 1560 g/mol. The summed E-state index contributed by atoms with van der Waals surface area (Å²) in [7, 11) is 1.33. The monoisotopic (exact) mass is 1560 g/mol. The second kappa shape index (κ2) is 32.0. The van der Waals surface area contributed by atoms with Gasteiger partial charge in [0.25, 0.3) is 0 Å². The van der Waals surface area contributed by atoms with E-state index in [1.165, 1.54) is 30.4 Å². The maximum absolute atomic E-state index is 15.0. The number of carbonyl (C=O) groups is 3. The molecule has 0 unspecified atom stereocenters. The van der Waals surface area contributed by atoms with Gasteiger partial charge in [-0.15, -0.1) is 0 Å². The molecule has 8 aliphatic carbocycles. The quantitative estimate of drug-likeness (QED) is 0.0853. The summed E-state index contributed by atoms with van der Waals surface area (Å²) >= 11 is 0. The maximum atomic E-state index is 15.0. The molecule has 10 aromatic rings. The Hall–Kier alpha value is -12.4. The van der Waals surface area contributed by atoms with Crippen molar-refractivity contribution in [1.29, 1.82) is 0 Å². The number of hydrogen-bond donors (Lipinski definition) is 2. The largest absolute Gasteiger partial charge is 0.523 e. The van der Waals surface area contributed by atoms with Gasteiger partial charge in [-0.3, -0.25) is 34.3 Å². The minimum absolute atomic E-state index is 0. The van der Waals surface area contributed by atoms with E-state index >= 15 is 0 Å². The van der Waals surface area contributed by atoms with Gasteiger partial charge in [-0.2, -0.15) is 0 Å². The Morgan fingerprint density at radius 2 is 0.932 bits per heavy atom. The lowest BCUT2D eigenvalue weighted by molar-refractivity contribution is -0.162. The van der Waals surface area contributed by atoms with Crippen molar-refractivity contribution in [3.8, 4) is 68.1 Å². The fourth-order valence-electron chi connectivity index (χ4n) is 20.4. The lowest BCUT2D eigenvalue weighted by Gasteiger charge is -2.49. The van der Waals surface area contributed by atoms with E-state index in [1.54, 1.807) is 74.7 Å². The molecule has 2 aromatic carbocycles. The van der Waals surface area contributed by atoms with Crippen LogP contribution in [0.15, 0.2) is 194 Å².